The van der Waals surface area contributed by atoms with Gasteiger partial charge in [-0.25, -0.2) is 14.2 Å². The number of halogens is 2. The van der Waals surface area contributed by atoms with Crippen LogP contribution in [0.15, 0.2) is 71.8 Å². The average Bonchev–Trinajstić information content (AvgIpc) is 3.47. The Morgan fingerprint density at radius 2 is 1.74 bits per heavy atom. The van der Waals surface area contributed by atoms with E-state index in [2.05, 4.69) is 10.4 Å². The lowest BCUT2D eigenvalue weighted by molar-refractivity contribution is -0.0843. The number of anilines is 1. The molecule has 0 saturated heterocycles. The highest BCUT2D eigenvalue weighted by Crippen LogP contribution is 2.43. The van der Waals surface area contributed by atoms with Crippen molar-refractivity contribution in [2.45, 2.75) is 38.4 Å². The summed E-state index contributed by atoms with van der Waals surface area (Å²) in [6.45, 7) is 4.34. The van der Waals surface area contributed by atoms with E-state index in [0.717, 1.165) is 11.1 Å². The van der Waals surface area contributed by atoms with Crippen molar-refractivity contribution in [2.75, 3.05) is 11.9 Å². The van der Waals surface area contributed by atoms with E-state index in [-0.39, 0.29) is 17.8 Å². The number of amides is 2. The number of hydrazone groups is 1. The fourth-order valence-electron chi connectivity index (χ4n) is 4.36. The Morgan fingerprint density at radius 1 is 1.06 bits per heavy atom. The highest BCUT2D eigenvalue weighted by atomic mass is 35.5. The highest BCUT2D eigenvalue weighted by Gasteiger charge is 2.38. The molecule has 8 heteroatoms. The molecule has 1 atom stereocenters. The van der Waals surface area contributed by atoms with Gasteiger partial charge in [-0.05, 0) is 47.5 Å². The number of hydrogen-bond donors (Lipinski definition) is 1. The van der Waals surface area contributed by atoms with Crippen LogP contribution in [-0.4, -0.2) is 29.1 Å². The fourth-order valence-corrected chi connectivity index (χ4v) is 4.49. The molecule has 5 rings (SSSR count). The summed E-state index contributed by atoms with van der Waals surface area (Å²) in [5.74, 6) is 0.0631. The zero-order chi connectivity index (χ0) is 24.6. The number of fused-ring (bicyclic) bond motifs is 1. The van der Waals surface area contributed by atoms with E-state index in [0.29, 0.717) is 47.3 Å². The van der Waals surface area contributed by atoms with E-state index in [1.54, 1.807) is 42.5 Å². The van der Waals surface area contributed by atoms with E-state index in [4.69, 9.17) is 21.1 Å². The molecule has 2 aliphatic heterocycles. The van der Waals surface area contributed by atoms with Crippen molar-refractivity contribution in [1.29, 1.82) is 0 Å². The molecule has 0 aliphatic carbocycles. The van der Waals surface area contributed by atoms with Crippen LogP contribution in [0, 0.1) is 5.82 Å². The predicted molar refractivity (Wildman–Crippen MR) is 134 cm³/mol. The van der Waals surface area contributed by atoms with Crippen LogP contribution < -0.4 is 14.8 Å². The molecule has 180 valence electrons. The Balaban J connectivity index is 1.38. The quantitative estimate of drug-likeness (QED) is 0.425. The summed E-state index contributed by atoms with van der Waals surface area (Å²) in [5, 5.41) is 9.54. The third-order valence-corrected chi connectivity index (χ3v) is 6.68. The smallest absolute Gasteiger partial charge is 0.342 e. The van der Waals surface area contributed by atoms with E-state index < -0.39 is 5.79 Å². The van der Waals surface area contributed by atoms with Crippen LogP contribution in [0.25, 0.3) is 0 Å². The van der Waals surface area contributed by atoms with Crippen molar-refractivity contribution in [3.05, 3.63) is 88.7 Å². The maximum atomic E-state index is 13.5. The van der Waals surface area contributed by atoms with Crippen LogP contribution in [0.5, 0.6) is 11.5 Å². The van der Waals surface area contributed by atoms with Gasteiger partial charge in [0.05, 0.1) is 12.3 Å². The predicted octanol–water partition coefficient (Wildman–Crippen LogP) is 6.80. The van der Waals surface area contributed by atoms with Crippen molar-refractivity contribution in [1.82, 2.24) is 5.01 Å². The van der Waals surface area contributed by atoms with E-state index >= 15 is 0 Å². The molecule has 2 heterocycles. The maximum absolute atomic E-state index is 13.5. The van der Waals surface area contributed by atoms with Crippen LogP contribution >= 0.6 is 11.6 Å². The number of urea groups is 1. The molecule has 35 heavy (non-hydrogen) atoms. The molecule has 0 bridgehead atoms. The second-order valence-corrected chi connectivity index (χ2v) is 9.03. The molecule has 1 N–H and O–H groups in total. The van der Waals surface area contributed by atoms with Crippen molar-refractivity contribution in [3.63, 3.8) is 0 Å². The first-order chi connectivity index (χ1) is 16.9. The summed E-state index contributed by atoms with van der Waals surface area (Å²) in [6, 6.07) is 18.5. The summed E-state index contributed by atoms with van der Waals surface area (Å²) >= 11 is 6.06. The molecular formula is C27H25ClFN3O3. The number of nitrogens with zero attached hydrogens (tertiary/aromatic N) is 2. The second kappa shape index (κ2) is 9.23. The Morgan fingerprint density at radius 3 is 2.43 bits per heavy atom. The minimum absolute atomic E-state index is 0.214. The monoisotopic (exact) mass is 493 g/mol. The summed E-state index contributed by atoms with van der Waals surface area (Å²) in [7, 11) is 0. The number of ether oxygens (including phenoxy) is 2. The topological polar surface area (TPSA) is 63.2 Å². The molecule has 3 aromatic carbocycles. The van der Waals surface area contributed by atoms with Crippen molar-refractivity contribution >= 4 is 29.0 Å². The summed E-state index contributed by atoms with van der Waals surface area (Å²) in [6.07, 6.45) is 1.42. The van der Waals surface area contributed by atoms with Gasteiger partial charge in [0.15, 0.2) is 11.5 Å². The van der Waals surface area contributed by atoms with Gasteiger partial charge in [-0.2, -0.15) is 5.10 Å². The molecule has 2 amide bonds. The first-order valence-corrected chi connectivity index (χ1v) is 12.0. The van der Waals surface area contributed by atoms with Crippen LogP contribution in [0.4, 0.5) is 14.9 Å². The first-order valence-electron chi connectivity index (χ1n) is 11.6. The average molecular weight is 494 g/mol. The van der Waals surface area contributed by atoms with E-state index in [9.17, 15) is 9.18 Å². The lowest BCUT2D eigenvalue weighted by atomic mass is 9.90. The van der Waals surface area contributed by atoms with Gasteiger partial charge in [-0.3, -0.25) is 0 Å². The van der Waals surface area contributed by atoms with Crippen molar-refractivity contribution < 1.29 is 18.7 Å². The first kappa shape index (κ1) is 23.2. The molecule has 0 spiro atoms. The molecule has 0 fully saturated rings. The van der Waals surface area contributed by atoms with E-state index in [1.165, 1.54) is 17.1 Å². The van der Waals surface area contributed by atoms with Crippen LogP contribution in [0.1, 0.15) is 43.7 Å². The SMILES string of the molecule is CCC1(CC)Oc2ccc(NC(=O)N3CC(c4ccc(F)cc4)C(c4ccc(Cl)cc4)=N3)cc2O1. The van der Waals surface area contributed by atoms with Gasteiger partial charge < -0.3 is 14.8 Å². The van der Waals surface area contributed by atoms with Crippen LogP contribution in [0.2, 0.25) is 5.02 Å². The number of carbonyl (C=O) groups is 1. The maximum Gasteiger partial charge on any atom is 0.342 e. The van der Waals surface area contributed by atoms with E-state index in [1.807, 2.05) is 26.0 Å². The Hall–Kier alpha value is -3.58. The minimum atomic E-state index is -0.667. The standard InChI is InChI=1S/C27H25ClFN3O3/c1-3-27(4-2)34-23-14-13-21(15-24(23)35-27)30-26(33)32-16-22(17-7-11-20(29)12-8-17)25(31-32)18-5-9-19(28)10-6-18/h5-15,22H,3-4,16H2,1-2H3,(H,30,33). The third kappa shape index (κ3) is 4.56. The van der Waals surface area contributed by atoms with Gasteiger partial charge in [0.25, 0.3) is 5.79 Å². The van der Waals surface area contributed by atoms with Gasteiger partial charge in [-0.15, -0.1) is 0 Å². The molecule has 0 aromatic heterocycles. The third-order valence-electron chi connectivity index (χ3n) is 6.43. The van der Waals surface area contributed by atoms with Gasteiger partial charge in [0.1, 0.15) is 5.82 Å². The van der Waals surface area contributed by atoms with Crippen molar-refractivity contribution in [3.8, 4) is 11.5 Å². The normalized spacial score (nSPS) is 17.9. The molecule has 0 radical (unpaired) electrons. The number of rotatable bonds is 5. The highest BCUT2D eigenvalue weighted by molar-refractivity contribution is 6.30. The summed E-state index contributed by atoms with van der Waals surface area (Å²) in [4.78, 5) is 13.2. The van der Waals surface area contributed by atoms with Gasteiger partial charge >= 0.3 is 6.03 Å². The molecule has 2 aliphatic rings. The molecule has 1 unspecified atom stereocenters. The fraction of sp³-hybridized carbons (Fsp3) is 0.259. The van der Waals surface area contributed by atoms with Gasteiger partial charge in [-0.1, -0.05) is 49.7 Å². The lowest BCUT2D eigenvalue weighted by Gasteiger charge is -2.24. The van der Waals surface area contributed by atoms with Crippen LogP contribution in [-0.2, 0) is 0 Å². The zero-order valence-electron chi connectivity index (χ0n) is 19.4. The molecule has 0 saturated carbocycles. The summed E-state index contributed by atoms with van der Waals surface area (Å²) in [5.41, 5.74) is 3.00. The Bertz CT molecular complexity index is 1270. The number of benzene rings is 3. The Kier molecular flexibility index (Phi) is 6.11. The minimum Gasteiger partial charge on any atom is -0.448 e. The summed E-state index contributed by atoms with van der Waals surface area (Å²) < 4.78 is 25.6. The second-order valence-electron chi connectivity index (χ2n) is 8.59. The largest absolute Gasteiger partial charge is 0.448 e. The zero-order valence-corrected chi connectivity index (χ0v) is 20.2. The van der Waals surface area contributed by atoms with Crippen molar-refractivity contribution in [2.24, 2.45) is 5.10 Å². The molecule has 6 nitrogen and oxygen atoms in total. The molecular weight excluding hydrogens is 469 g/mol. The number of nitrogens with one attached hydrogen (secondary N) is 1. The Labute approximate surface area is 208 Å². The van der Waals surface area contributed by atoms with Gasteiger partial charge in [0, 0.05) is 35.5 Å². The van der Waals surface area contributed by atoms with Gasteiger partial charge in [0.2, 0.25) is 0 Å². The number of hydrogen-bond acceptors (Lipinski definition) is 4. The van der Waals surface area contributed by atoms with Crippen LogP contribution in [0.3, 0.4) is 0 Å². The lowest BCUT2D eigenvalue weighted by Crippen LogP contribution is -2.36. The molecule has 3 aromatic rings. The number of carbonyl (C=O) groups excluding carboxylic acids is 1.